The van der Waals surface area contributed by atoms with Crippen LogP contribution in [0.2, 0.25) is 0 Å². The Balaban J connectivity index is 1.63. The van der Waals surface area contributed by atoms with E-state index in [4.69, 9.17) is 5.11 Å². The first-order valence-corrected chi connectivity index (χ1v) is 7.69. The average Bonchev–Trinajstić information content (AvgIpc) is 3.01. The molecule has 1 aromatic heterocycles. The number of aromatic nitrogens is 2. The molecule has 1 aromatic rings. The molecule has 3 heterocycles. The summed E-state index contributed by atoms with van der Waals surface area (Å²) in [5.41, 5.74) is 2.33. The lowest BCUT2D eigenvalue weighted by Crippen LogP contribution is -2.32. The summed E-state index contributed by atoms with van der Waals surface area (Å²) in [5.74, 6) is 0.996. The fourth-order valence-electron chi connectivity index (χ4n) is 3.74. The van der Waals surface area contributed by atoms with Crippen LogP contribution < -0.4 is 0 Å². The third-order valence-corrected chi connectivity index (χ3v) is 4.64. The Labute approximate surface area is 125 Å². The lowest BCUT2D eigenvalue weighted by Gasteiger charge is -2.21. The molecule has 116 valence electrons. The first-order valence-electron chi connectivity index (χ1n) is 7.69. The van der Waals surface area contributed by atoms with Crippen molar-refractivity contribution in [3.63, 3.8) is 0 Å². The maximum atomic E-state index is 11.0. The third-order valence-electron chi connectivity index (χ3n) is 4.64. The van der Waals surface area contributed by atoms with Gasteiger partial charge in [0.2, 0.25) is 0 Å². The Morgan fingerprint density at radius 2 is 1.95 bits per heavy atom. The molecule has 6 nitrogen and oxygen atoms in total. The summed E-state index contributed by atoms with van der Waals surface area (Å²) in [5, 5.41) is 13.6. The topological polar surface area (TPSA) is 61.6 Å². The van der Waals surface area contributed by atoms with Crippen molar-refractivity contribution < 1.29 is 9.90 Å². The summed E-state index contributed by atoms with van der Waals surface area (Å²) >= 11 is 0. The molecule has 0 aliphatic carbocycles. The number of likely N-dealkylation sites (tertiary alicyclic amines) is 2. The quantitative estimate of drug-likeness (QED) is 0.923. The minimum absolute atomic E-state index is 0.373. The fourth-order valence-corrected chi connectivity index (χ4v) is 3.74. The van der Waals surface area contributed by atoms with Crippen LogP contribution in [-0.4, -0.2) is 57.0 Å². The fraction of sp³-hybridized carbons (Fsp3) is 0.733. The van der Waals surface area contributed by atoms with E-state index in [1.54, 1.807) is 4.90 Å². The molecule has 0 bridgehead atoms. The molecule has 2 aliphatic heterocycles. The van der Waals surface area contributed by atoms with Gasteiger partial charge in [0.05, 0.1) is 11.4 Å². The van der Waals surface area contributed by atoms with E-state index in [-0.39, 0.29) is 0 Å². The molecule has 0 spiro atoms. The van der Waals surface area contributed by atoms with Gasteiger partial charge in [-0.25, -0.2) is 4.79 Å². The molecule has 0 aromatic carbocycles. The van der Waals surface area contributed by atoms with E-state index in [1.165, 1.54) is 5.69 Å². The first-order chi connectivity index (χ1) is 9.94. The molecule has 2 unspecified atom stereocenters. The molecule has 6 heteroatoms. The van der Waals surface area contributed by atoms with E-state index in [0.717, 1.165) is 25.3 Å². The predicted octanol–water partition coefficient (Wildman–Crippen LogP) is 1.81. The summed E-state index contributed by atoms with van der Waals surface area (Å²) < 4.78 is 2.10. The van der Waals surface area contributed by atoms with Gasteiger partial charge in [0.15, 0.2) is 0 Å². The van der Waals surface area contributed by atoms with Crippen molar-refractivity contribution in [1.29, 1.82) is 0 Å². The number of aryl methyl sites for hydroxylation is 1. The van der Waals surface area contributed by atoms with Crippen molar-refractivity contribution in [2.24, 2.45) is 11.8 Å². The van der Waals surface area contributed by atoms with Gasteiger partial charge in [0.25, 0.3) is 0 Å². The molecule has 0 radical (unpaired) electrons. The second-order valence-electron chi connectivity index (χ2n) is 6.72. The van der Waals surface area contributed by atoms with E-state index < -0.39 is 6.09 Å². The number of hydrogen-bond donors (Lipinski definition) is 1. The molecular weight excluding hydrogens is 268 g/mol. The summed E-state index contributed by atoms with van der Waals surface area (Å²) in [6.45, 7) is 10.6. The van der Waals surface area contributed by atoms with Crippen molar-refractivity contribution >= 4 is 6.09 Å². The van der Waals surface area contributed by atoms with Gasteiger partial charge in [0, 0.05) is 38.8 Å². The Bertz CT molecular complexity index is 526. The largest absolute Gasteiger partial charge is 0.465 e. The van der Waals surface area contributed by atoms with Crippen LogP contribution in [0, 0.1) is 18.8 Å². The molecule has 0 saturated carbocycles. The van der Waals surface area contributed by atoms with Crippen molar-refractivity contribution in [1.82, 2.24) is 19.6 Å². The summed E-state index contributed by atoms with van der Waals surface area (Å²) in [6, 6.07) is 2.54. The monoisotopic (exact) mass is 292 g/mol. The van der Waals surface area contributed by atoms with Crippen LogP contribution in [0.1, 0.15) is 31.3 Å². The highest BCUT2D eigenvalue weighted by atomic mass is 16.4. The van der Waals surface area contributed by atoms with Crippen LogP contribution in [0.5, 0.6) is 0 Å². The highest BCUT2D eigenvalue weighted by Crippen LogP contribution is 2.32. The molecule has 21 heavy (non-hydrogen) atoms. The Morgan fingerprint density at radius 1 is 1.33 bits per heavy atom. The molecule has 2 aliphatic rings. The van der Waals surface area contributed by atoms with Crippen LogP contribution in [0.25, 0.3) is 0 Å². The van der Waals surface area contributed by atoms with Gasteiger partial charge in [0.1, 0.15) is 0 Å². The maximum absolute atomic E-state index is 11.0. The van der Waals surface area contributed by atoms with Crippen LogP contribution in [0.3, 0.4) is 0 Å². The standard InChI is InChI=1S/C15H24N4O2/c1-10(2)19-14(4-11(3)16-19)9-17-5-12-7-18(15(20)21)8-13(12)6-17/h4,10,12-13H,5-9H2,1-3H3,(H,20,21). The first kappa shape index (κ1) is 14.4. The highest BCUT2D eigenvalue weighted by Gasteiger charge is 2.41. The number of carboxylic acid groups (broad SMARTS) is 1. The van der Waals surface area contributed by atoms with Crippen molar-refractivity contribution in [2.45, 2.75) is 33.4 Å². The van der Waals surface area contributed by atoms with Gasteiger partial charge >= 0.3 is 6.09 Å². The number of carbonyl (C=O) groups is 1. The van der Waals surface area contributed by atoms with Crippen LogP contribution >= 0.6 is 0 Å². The minimum Gasteiger partial charge on any atom is -0.465 e. The third kappa shape index (κ3) is 2.77. The van der Waals surface area contributed by atoms with Gasteiger partial charge in [-0.1, -0.05) is 0 Å². The zero-order valence-electron chi connectivity index (χ0n) is 13.0. The molecule has 2 atom stereocenters. The van der Waals surface area contributed by atoms with E-state index in [0.29, 0.717) is 31.0 Å². The van der Waals surface area contributed by atoms with E-state index in [2.05, 4.69) is 34.6 Å². The smallest absolute Gasteiger partial charge is 0.407 e. The Hall–Kier alpha value is -1.56. The molecule has 2 fully saturated rings. The normalized spacial score (nSPS) is 25.8. The second-order valence-corrected chi connectivity index (χ2v) is 6.72. The van der Waals surface area contributed by atoms with Gasteiger partial charge in [-0.15, -0.1) is 0 Å². The van der Waals surface area contributed by atoms with Gasteiger partial charge < -0.3 is 10.0 Å². The molecule has 1 N–H and O–H groups in total. The zero-order chi connectivity index (χ0) is 15.1. The average molecular weight is 292 g/mol. The molecule has 2 saturated heterocycles. The van der Waals surface area contributed by atoms with E-state index in [1.807, 2.05) is 6.92 Å². The summed E-state index contributed by atoms with van der Waals surface area (Å²) in [7, 11) is 0. The number of hydrogen-bond acceptors (Lipinski definition) is 3. The summed E-state index contributed by atoms with van der Waals surface area (Å²) in [4.78, 5) is 15.0. The second kappa shape index (κ2) is 5.33. The van der Waals surface area contributed by atoms with Crippen LogP contribution in [0.15, 0.2) is 6.07 Å². The number of nitrogens with zero attached hydrogens (tertiary/aromatic N) is 4. The zero-order valence-corrected chi connectivity index (χ0v) is 13.0. The highest BCUT2D eigenvalue weighted by molar-refractivity contribution is 5.65. The lowest BCUT2D eigenvalue weighted by molar-refractivity contribution is 0.148. The van der Waals surface area contributed by atoms with Gasteiger partial charge in [-0.3, -0.25) is 9.58 Å². The van der Waals surface area contributed by atoms with Gasteiger partial charge in [-0.05, 0) is 38.7 Å². The molecular formula is C15H24N4O2. The predicted molar refractivity (Wildman–Crippen MR) is 79.2 cm³/mol. The minimum atomic E-state index is -0.774. The number of fused-ring (bicyclic) bond motifs is 1. The van der Waals surface area contributed by atoms with Crippen molar-refractivity contribution in [3.8, 4) is 0 Å². The van der Waals surface area contributed by atoms with Gasteiger partial charge in [-0.2, -0.15) is 5.10 Å². The van der Waals surface area contributed by atoms with Crippen molar-refractivity contribution in [2.75, 3.05) is 26.2 Å². The Kier molecular flexibility index (Phi) is 3.65. The van der Waals surface area contributed by atoms with Crippen LogP contribution in [-0.2, 0) is 6.54 Å². The summed E-state index contributed by atoms with van der Waals surface area (Å²) in [6.07, 6.45) is -0.774. The van der Waals surface area contributed by atoms with Crippen molar-refractivity contribution in [3.05, 3.63) is 17.5 Å². The number of rotatable bonds is 3. The molecule has 3 rings (SSSR count). The van der Waals surface area contributed by atoms with E-state index >= 15 is 0 Å². The van der Waals surface area contributed by atoms with Crippen LogP contribution in [0.4, 0.5) is 4.79 Å². The van der Waals surface area contributed by atoms with E-state index in [9.17, 15) is 4.79 Å². The maximum Gasteiger partial charge on any atom is 0.407 e. The SMILES string of the molecule is Cc1cc(CN2CC3CN(C(=O)O)CC3C2)n(C(C)C)n1. The number of amides is 1. The lowest BCUT2D eigenvalue weighted by atomic mass is 10.0. The Morgan fingerprint density at radius 3 is 2.48 bits per heavy atom. The molecule has 1 amide bonds.